The molecule has 0 aliphatic carbocycles. The minimum atomic E-state index is -3.64. The van der Waals surface area contributed by atoms with Crippen LogP contribution in [0.1, 0.15) is 16.2 Å². The molecular weight excluding hydrogens is 270 g/mol. The van der Waals surface area contributed by atoms with E-state index >= 15 is 0 Å². The number of aromatic carboxylic acids is 1. The molecular formula is C12H11NO5S. The fourth-order valence-electron chi connectivity index (χ4n) is 1.49. The number of carboxylic acids is 1. The Balaban J connectivity index is 2.12. The maximum Gasteiger partial charge on any atom is 0.371 e. The fourth-order valence-corrected chi connectivity index (χ4v) is 2.66. The number of carbonyl (C=O) groups is 1. The first kappa shape index (κ1) is 13.3. The normalized spacial score (nSPS) is 11.4. The fraction of sp³-hybridized carbons (Fsp3) is 0.167. The second-order valence-electron chi connectivity index (χ2n) is 3.81. The lowest BCUT2D eigenvalue weighted by atomic mass is 10.3. The minimum Gasteiger partial charge on any atom is -0.475 e. The molecule has 1 N–H and O–H groups in total. The number of hydrogen-bond donors (Lipinski definition) is 1. The summed E-state index contributed by atoms with van der Waals surface area (Å²) < 4.78 is 28.6. The van der Waals surface area contributed by atoms with Crippen LogP contribution in [-0.2, 0) is 16.3 Å². The van der Waals surface area contributed by atoms with Gasteiger partial charge in [-0.15, -0.1) is 0 Å². The molecule has 6 nitrogen and oxygen atoms in total. The summed E-state index contributed by atoms with van der Waals surface area (Å²) in [5.41, 5.74) is 0.649. The average molecular weight is 281 g/mol. The Hall–Kier alpha value is -2.15. The molecule has 100 valence electrons. The lowest BCUT2D eigenvalue weighted by Gasteiger charge is -2.00. The summed E-state index contributed by atoms with van der Waals surface area (Å²) in [5.74, 6) is -1.88. The van der Waals surface area contributed by atoms with Crippen molar-refractivity contribution in [2.75, 3.05) is 5.75 Å². The Labute approximate surface area is 109 Å². The predicted octanol–water partition coefficient (Wildman–Crippen LogP) is 1.39. The summed E-state index contributed by atoms with van der Waals surface area (Å²) >= 11 is 0. The number of sulfone groups is 1. The van der Waals surface area contributed by atoms with Crippen LogP contribution in [0, 0.1) is 0 Å². The van der Waals surface area contributed by atoms with Gasteiger partial charge in [0.15, 0.2) is 0 Å². The van der Waals surface area contributed by atoms with E-state index in [-0.39, 0.29) is 17.3 Å². The number of aryl methyl sites for hydroxylation is 1. The third kappa shape index (κ3) is 3.19. The van der Waals surface area contributed by atoms with Gasteiger partial charge >= 0.3 is 5.97 Å². The largest absolute Gasteiger partial charge is 0.475 e. The molecule has 2 heterocycles. The van der Waals surface area contributed by atoms with Crippen molar-refractivity contribution in [2.45, 2.75) is 11.5 Å². The van der Waals surface area contributed by atoms with Gasteiger partial charge < -0.3 is 9.52 Å². The highest BCUT2D eigenvalue weighted by Crippen LogP contribution is 2.16. The molecule has 0 amide bonds. The van der Waals surface area contributed by atoms with Crippen molar-refractivity contribution >= 4 is 15.8 Å². The van der Waals surface area contributed by atoms with E-state index < -0.39 is 21.6 Å². The zero-order valence-corrected chi connectivity index (χ0v) is 10.6. The second-order valence-corrected chi connectivity index (χ2v) is 5.85. The first-order valence-corrected chi connectivity index (χ1v) is 7.10. The van der Waals surface area contributed by atoms with E-state index in [9.17, 15) is 13.2 Å². The van der Waals surface area contributed by atoms with Crippen LogP contribution in [-0.4, -0.2) is 30.2 Å². The number of furan rings is 1. The Bertz CT molecular complexity index is 675. The van der Waals surface area contributed by atoms with E-state index in [0.717, 1.165) is 12.1 Å². The lowest BCUT2D eigenvalue weighted by molar-refractivity contribution is 0.0656. The molecule has 0 aliphatic heterocycles. The highest BCUT2D eigenvalue weighted by Gasteiger charge is 2.21. The molecule has 0 fully saturated rings. The van der Waals surface area contributed by atoms with E-state index in [1.165, 1.54) is 0 Å². The van der Waals surface area contributed by atoms with Gasteiger partial charge in [-0.3, -0.25) is 4.98 Å². The van der Waals surface area contributed by atoms with E-state index in [1.54, 1.807) is 24.4 Å². The molecule has 0 unspecified atom stereocenters. The summed E-state index contributed by atoms with van der Waals surface area (Å²) in [7, 11) is -3.64. The molecule has 7 heteroatoms. The van der Waals surface area contributed by atoms with Gasteiger partial charge in [0.25, 0.3) is 0 Å². The van der Waals surface area contributed by atoms with Gasteiger partial charge in [-0.1, -0.05) is 6.07 Å². The van der Waals surface area contributed by atoms with Gasteiger partial charge in [-0.05, 0) is 24.3 Å². The highest BCUT2D eigenvalue weighted by atomic mass is 32.2. The molecule has 0 saturated heterocycles. The maximum absolute atomic E-state index is 11.9. The molecule has 0 atom stereocenters. The quantitative estimate of drug-likeness (QED) is 0.889. The van der Waals surface area contributed by atoms with Crippen molar-refractivity contribution in [1.82, 2.24) is 4.98 Å². The zero-order chi connectivity index (χ0) is 13.9. The topological polar surface area (TPSA) is 97.5 Å². The monoisotopic (exact) mass is 281 g/mol. The van der Waals surface area contributed by atoms with Gasteiger partial charge in [0.05, 0.1) is 5.75 Å². The summed E-state index contributed by atoms with van der Waals surface area (Å²) in [4.78, 5) is 14.6. The standard InChI is InChI=1S/C12H11NO5S/c14-12(15)10-4-5-11(18-10)19(16,17)8-6-9-3-1-2-7-13-9/h1-5,7H,6,8H2,(H,14,15). The molecule has 0 saturated carbocycles. The minimum absolute atomic E-state index is 0.184. The molecule has 0 radical (unpaired) electrons. The lowest BCUT2D eigenvalue weighted by Crippen LogP contribution is -2.09. The molecule has 19 heavy (non-hydrogen) atoms. The summed E-state index contributed by atoms with van der Waals surface area (Å²) in [6.07, 6.45) is 1.82. The van der Waals surface area contributed by atoms with Crippen molar-refractivity contribution in [2.24, 2.45) is 0 Å². The first-order chi connectivity index (χ1) is 8.99. The van der Waals surface area contributed by atoms with Gasteiger partial charge in [0.1, 0.15) is 0 Å². The summed E-state index contributed by atoms with van der Waals surface area (Å²) in [6, 6.07) is 7.50. The van der Waals surface area contributed by atoms with E-state index in [1.807, 2.05) is 0 Å². The Morgan fingerprint density at radius 1 is 1.26 bits per heavy atom. The molecule has 0 spiro atoms. The molecule has 2 rings (SSSR count). The third-order valence-electron chi connectivity index (χ3n) is 2.45. The van der Waals surface area contributed by atoms with Crippen molar-refractivity contribution in [3.05, 3.63) is 48.0 Å². The Kier molecular flexibility index (Phi) is 3.66. The number of hydrogen-bond acceptors (Lipinski definition) is 5. The number of aromatic nitrogens is 1. The first-order valence-electron chi connectivity index (χ1n) is 5.45. The number of carboxylic acid groups (broad SMARTS) is 1. The van der Waals surface area contributed by atoms with Crippen LogP contribution in [0.2, 0.25) is 0 Å². The van der Waals surface area contributed by atoms with Crippen LogP contribution in [0.4, 0.5) is 0 Å². The number of rotatable bonds is 5. The molecule has 2 aromatic heterocycles. The van der Waals surface area contributed by atoms with Crippen LogP contribution in [0.5, 0.6) is 0 Å². The Morgan fingerprint density at radius 2 is 2.05 bits per heavy atom. The number of pyridine rings is 1. The maximum atomic E-state index is 11.9. The Morgan fingerprint density at radius 3 is 2.63 bits per heavy atom. The van der Waals surface area contributed by atoms with Crippen molar-refractivity contribution < 1.29 is 22.7 Å². The molecule has 0 aliphatic rings. The van der Waals surface area contributed by atoms with Gasteiger partial charge in [0.2, 0.25) is 20.7 Å². The van der Waals surface area contributed by atoms with E-state index in [0.29, 0.717) is 5.69 Å². The summed E-state index contributed by atoms with van der Waals surface area (Å²) in [5, 5.41) is 8.34. The molecule has 0 aromatic carbocycles. The van der Waals surface area contributed by atoms with Crippen molar-refractivity contribution in [1.29, 1.82) is 0 Å². The van der Waals surface area contributed by atoms with E-state index in [2.05, 4.69) is 4.98 Å². The van der Waals surface area contributed by atoms with Crippen LogP contribution < -0.4 is 0 Å². The van der Waals surface area contributed by atoms with Gasteiger partial charge in [0, 0.05) is 18.3 Å². The van der Waals surface area contributed by atoms with Crippen molar-refractivity contribution in [3.63, 3.8) is 0 Å². The second kappa shape index (κ2) is 5.23. The average Bonchev–Trinajstić information content (AvgIpc) is 2.88. The zero-order valence-electron chi connectivity index (χ0n) is 9.81. The summed E-state index contributed by atoms with van der Waals surface area (Å²) in [6.45, 7) is 0. The van der Waals surface area contributed by atoms with Crippen LogP contribution in [0.15, 0.2) is 46.0 Å². The highest BCUT2D eigenvalue weighted by molar-refractivity contribution is 7.91. The SMILES string of the molecule is O=C(O)c1ccc(S(=O)(=O)CCc2ccccn2)o1. The van der Waals surface area contributed by atoms with Crippen LogP contribution in [0.25, 0.3) is 0 Å². The van der Waals surface area contributed by atoms with Crippen LogP contribution >= 0.6 is 0 Å². The van der Waals surface area contributed by atoms with Crippen molar-refractivity contribution in [3.8, 4) is 0 Å². The number of nitrogens with zero attached hydrogens (tertiary/aromatic N) is 1. The smallest absolute Gasteiger partial charge is 0.371 e. The third-order valence-corrected chi connectivity index (χ3v) is 4.03. The molecule has 0 bridgehead atoms. The van der Waals surface area contributed by atoms with E-state index in [4.69, 9.17) is 9.52 Å². The van der Waals surface area contributed by atoms with Crippen LogP contribution in [0.3, 0.4) is 0 Å². The molecule has 2 aromatic rings. The van der Waals surface area contributed by atoms with Gasteiger partial charge in [-0.2, -0.15) is 0 Å². The van der Waals surface area contributed by atoms with Gasteiger partial charge in [-0.25, -0.2) is 13.2 Å². The predicted molar refractivity (Wildman–Crippen MR) is 65.7 cm³/mol.